The lowest BCUT2D eigenvalue weighted by molar-refractivity contribution is -0.116. The predicted octanol–water partition coefficient (Wildman–Crippen LogP) is 4.50. The number of hydrogen-bond acceptors (Lipinski definition) is 4. The molecular formula is C19H20N2O2S. The fourth-order valence-corrected chi connectivity index (χ4v) is 3.49. The van der Waals surface area contributed by atoms with Crippen LogP contribution in [-0.4, -0.2) is 16.5 Å². The van der Waals surface area contributed by atoms with Gasteiger partial charge < -0.3 is 5.32 Å². The van der Waals surface area contributed by atoms with E-state index in [1.165, 1.54) is 10.5 Å². The molecule has 24 heavy (non-hydrogen) atoms. The van der Waals surface area contributed by atoms with Gasteiger partial charge in [0.2, 0.25) is 0 Å². The minimum atomic E-state index is -0.591. The summed E-state index contributed by atoms with van der Waals surface area (Å²) in [6.07, 6.45) is 0.969. The van der Waals surface area contributed by atoms with Crippen molar-refractivity contribution < 1.29 is 9.59 Å². The maximum absolute atomic E-state index is 12.7. The van der Waals surface area contributed by atoms with E-state index in [0.717, 1.165) is 35.0 Å². The van der Waals surface area contributed by atoms with E-state index in [1.807, 2.05) is 56.3 Å². The Kier molecular flexibility index (Phi) is 4.62. The van der Waals surface area contributed by atoms with Crippen molar-refractivity contribution in [3.8, 4) is 0 Å². The highest BCUT2D eigenvalue weighted by Gasteiger charge is 2.40. The Hall–Kier alpha value is -2.27. The molecule has 0 spiro atoms. The summed E-state index contributed by atoms with van der Waals surface area (Å²) in [5.41, 5.74) is 4.90. The maximum atomic E-state index is 12.7. The number of hydrogen-bond donors (Lipinski definition) is 1. The first-order chi connectivity index (χ1) is 11.5. The second-order valence-corrected chi connectivity index (χ2v) is 6.96. The van der Waals surface area contributed by atoms with E-state index in [1.54, 1.807) is 0 Å². The van der Waals surface area contributed by atoms with Crippen LogP contribution in [0.3, 0.4) is 0 Å². The van der Waals surface area contributed by atoms with Crippen LogP contribution in [0.15, 0.2) is 42.5 Å². The summed E-state index contributed by atoms with van der Waals surface area (Å²) < 4.78 is 0. The minimum absolute atomic E-state index is 0.229. The molecular weight excluding hydrogens is 320 g/mol. The van der Waals surface area contributed by atoms with E-state index in [4.69, 9.17) is 0 Å². The normalized spacial score (nSPS) is 17.5. The summed E-state index contributed by atoms with van der Waals surface area (Å²) in [4.78, 5) is 26.2. The average molecular weight is 340 g/mol. The van der Waals surface area contributed by atoms with Crippen molar-refractivity contribution in [2.75, 3.05) is 10.2 Å². The number of nitrogens with one attached hydrogen (secondary N) is 1. The maximum Gasteiger partial charge on any atom is 0.295 e. The van der Waals surface area contributed by atoms with Gasteiger partial charge in [0.1, 0.15) is 0 Å². The van der Waals surface area contributed by atoms with Gasteiger partial charge in [0.15, 0.2) is 5.37 Å². The summed E-state index contributed by atoms with van der Waals surface area (Å²) >= 11 is 1.02. The molecule has 2 aromatic carbocycles. The van der Waals surface area contributed by atoms with Gasteiger partial charge in [0.05, 0.1) is 5.69 Å². The van der Waals surface area contributed by atoms with Gasteiger partial charge in [-0.3, -0.25) is 9.59 Å². The van der Waals surface area contributed by atoms with Gasteiger partial charge in [-0.1, -0.05) is 25.1 Å². The molecule has 1 aliphatic heterocycles. The molecule has 1 N–H and O–H groups in total. The first-order valence-electron chi connectivity index (χ1n) is 7.97. The van der Waals surface area contributed by atoms with Crippen LogP contribution in [0.1, 0.15) is 23.6 Å². The summed E-state index contributed by atoms with van der Waals surface area (Å²) in [6.45, 7) is 6.08. The van der Waals surface area contributed by atoms with Crippen molar-refractivity contribution >= 4 is 34.3 Å². The van der Waals surface area contributed by atoms with E-state index < -0.39 is 5.37 Å². The van der Waals surface area contributed by atoms with Gasteiger partial charge in [-0.05, 0) is 73.0 Å². The zero-order chi connectivity index (χ0) is 17.3. The highest BCUT2D eigenvalue weighted by molar-refractivity contribution is 8.16. The number of nitrogens with zero attached hydrogens (tertiary/aromatic N) is 1. The van der Waals surface area contributed by atoms with Gasteiger partial charge >= 0.3 is 0 Å². The Morgan fingerprint density at radius 1 is 1.04 bits per heavy atom. The second kappa shape index (κ2) is 6.69. The number of carbonyl (C=O) groups excluding carboxylic acids is 2. The topological polar surface area (TPSA) is 49.4 Å². The zero-order valence-corrected chi connectivity index (χ0v) is 14.8. The van der Waals surface area contributed by atoms with Crippen LogP contribution in [0.25, 0.3) is 0 Å². The number of aryl methyl sites for hydroxylation is 3. The predicted molar refractivity (Wildman–Crippen MR) is 99.6 cm³/mol. The molecule has 5 heteroatoms. The molecule has 1 aliphatic rings. The third-order valence-electron chi connectivity index (χ3n) is 4.25. The van der Waals surface area contributed by atoms with Crippen molar-refractivity contribution in [2.45, 2.75) is 32.6 Å². The smallest absolute Gasteiger partial charge is 0.295 e. The zero-order valence-electron chi connectivity index (χ0n) is 14.0. The Balaban J connectivity index is 1.79. The fraction of sp³-hybridized carbons (Fsp3) is 0.263. The molecule has 1 atom stereocenters. The molecule has 2 aromatic rings. The van der Waals surface area contributed by atoms with Gasteiger partial charge in [-0.25, -0.2) is 4.90 Å². The molecule has 0 radical (unpaired) electrons. The van der Waals surface area contributed by atoms with Gasteiger partial charge in [-0.2, -0.15) is 0 Å². The van der Waals surface area contributed by atoms with Crippen LogP contribution >= 0.6 is 11.8 Å². The molecule has 3 rings (SSSR count). The van der Waals surface area contributed by atoms with Crippen molar-refractivity contribution in [3.05, 3.63) is 59.2 Å². The lowest BCUT2D eigenvalue weighted by Crippen LogP contribution is -2.34. The van der Waals surface area contributed by atoms with Crippen molar-refractivity contribution in [1.82, 2.24) is 0 Å². The van der Waals surface area contributed by atoms with Crippen LogP contribution in [0.2, 0.25) is 0 Å². The van der Waals surface area contributed by atoms with Crippen LogP contribution in [-0.2, 0) is 11.2 Å². The van der Waals surface area contributed by atoms with Crippen molar-refractivity contribution in [1.29, 1.82) is 0 Å². The molecule has 2 amide bonds. The quantitative estimate of drug-likeness (QED) is 0.890. The van der Waals surface area contributed by atoms with Gasteiger partial charge in [0.25, 0.3) is 11.1 Å². The molecule has 0 aliphatic carbocycles. The lowest BCUT2D eigenvalue weighted by atomic mass is 10.1. The molecule has 1 heterocycles. The number of carbonyl (C=O) groups is 2. The van der Waals surface area contributed by atoms with Crippen molar-refractivity contribution in [3.63, 3.8) is 0 Å². The monoisotopic (exact) mass is 340 g/mol. The van der Waals surface area contributed by atoms with E-state index >= 15 is 0 Å². The van der Waals surface area contributed by atoms with E-state index in [2.05, 4.69) is 12.2 Å². The Bertz CT molecular complexity index is 786. The Morgan fingerprint density at radius 2 is 1.75 bits per heavy atom. The fourth-order valence-electron chi connectivity index (χ4n) is 2.59. The van der Waals surface area contributed by atoms with E-state index in [0.29, 0.717) is 5.69 Å². The molecule has 0 bridgehead atoms. The first-order valence-corrected chi connectivity index (χ1v) is 8.85. The largest absolute Gasteiger partial charge is 0.365 e. The Labute approximate surface area is 146 Å². The highest BCUT2D eigenvalue weighted by atomic mass is 32.2. The minimum Gasteiger partial charge on any atom is -0.365 e. The summed E-state index contributed by atoms with van der Waals surface area (Å²) in [6, 6.07) is 13.6. The Morgan fingerprint density at radius 3 is 2.38 bits per heavy atom. The second-order valence-electron chi connectivity index (χ2n) is 5.90. The molecule has 1 saturated heterocycles. The molecule has 124 valence electrons. The van der Waals surface area contributed by atoms with Crippen LogP contribution in [0.5, 0.6) is 0 Å². The third-order valence-corrected chi connectivity index (χ3v) is 5.19. The molecule has 4 nitrogen and oxygen atoms in total. The van der Waals surface area contributed by atoms with Gasteiger partial charge in [0, 0.05) is 5.69 Å². The number of amides is 2. The third kappa shape index (κ3) is 3.17. The van der Waals surface area contributed by atoms with Gasteiger partial charge in [-0.15, -0.1) is 0 Å². The summed E-state index contributed by atoms with van der Waals surface area (Å²) in [5.74, 6) is -0.229. The number of thioether (sulfide) groups is 1. The average Bonchev–Trinajstić information content (AvgIpc) is 2.85. The molecule has 0 aromatic heterocycles. The molecule has 1 fully saturated rings. The lowest BCUT2D eigenvalue weighted by Gasteiger charge is -2.16. The first kappa shape index (κ1) is 16.6. The van der Waals surface area contributed by atoms with E-state index in [9.17, 15) is 9.59 Å². The van der Waals surface area contributed by atoms with Crippen LogP contribution in [0.4, 0.5) is 16.2 Å². The standard InChI is InChI=1S/C19H20N2O2S/c1-4-14-6-8-15(9-7-14)20-17-18(22)21(19(23)24-17)16-10-5-12(2)13(3)11-16/h5-11,17,20H,4H2,1-3H3. The van der Waals surface area contributed by atoms with Crippen LogP contribution in [0, 0.1) is 13.8 Å². The highest BCUT2D eigenvalue weighted by Crippen LogP contribution is 2.33. The molecule has 1 unspecified atom stereocenters. The van der Waals surface area contributed by atoms with Crippen molar-refractivity contribution in [2.24, 2.45) is 0 Å². The summed E-state index contributed by atoms with van der Waals surface area (Å²) in [7, 11) is 0. The molecule has 0 saturated carbocycles. The number of rotatable bonds is 4. The van der Waals surface area contributed by atoms with E-state index in [-0.39, 0.29) is 11.1 Å². The number of benzene rings is 2. The number of anilines is 2. The van der Waals surface area contributed by atoms with Crippen LogP contribution < -0.4 is 10.2 Å². The summed E-state index contributed by atoms with van der Waals surface area (Å²) in [5, 5.41) is 2.31. The number of imide groups is 1. The SMILES string of the molecule is CCc1ccc(NC2SC(=O)N(c3ccc(C)c(C)c3)C2=O)cc1.